The normalized spacial score (nSPS) is 23.8. The van der Waals surface area contributed by atoms with Gasteiger partial charge in [-0.1, -0.05) is 29.4 Å². The molecule has 1 aliphatic rings. The lowest BCUT2D eigenvalue weighted by Gasteiger charge is -2.16. The van der Waals surface area contributed by atoms with Crippen molar-refractivity contribution in [3.05, 3.63) is 52.9 Å². The van der Waals surface area contributed by atoms with Gasteiger partial charge in [-0.15, -0.1) is 0 Å². The number of imidazole rings is 1. The monoisotopic (exact) mass is 398 g/mol. The van der Waals surface area contributed by atoms with Crippen LogP contribution >= 0.6 is 0 Å². The lowest BCUT2D eigenvalue weighted by molar-refractivity contribution is -0.0511. The molecule has 4 unspecified atom stereocenters. The maximum Gasteiger partial charge on any atom is 0.167 e. The third kappa shape index (κ3) is 3.58. The number of aliphatic hydroxyl groups excluding tert-OH is 3. The van der Waals surface area contributed by atoms with Crippen molar-refractivity contribution < 1.29 is 20.1 Å². The van der Waals surface area contributed by atoms with Crippen molar-refractivity contribution in [3.8, 4) is 0 Å². The van der Waals surface area contributed by atoms with Crippen LogP contribution in [0.1, 0.15) is 11.8 Å². The average Bonchev–Trinajstić information content (AvgIpc) is 3.29. The van der Waals surface area contributed by atoms with Crippen LogP contribution in [0.5, 0.6) is 0 Å². The van der Waals surface area contributed by atoms with Crippen molar-refractivity contribution in [2.75, 3.05) is 11.9 Å². The number of nitrogens with one attached hydrogen (secondary N) is 1. The summed E-state index contributed by atoms with van der Waals surface area (Å²) in [6.45, 7) is 0.0327. The first kappa shape index (κ1) is 19.1. The molecule has 4 atom stereocenters. The number of fused-ring (bicyclic) bond motifs is 1. The summed E-state index contributed by atoms with van der Waals surface area (Å²) in [6.07, 6.45) is -1.46. The highest BCUT2D eigenvalue weighted by molar-refractivity contribution is 5.82. The molecule has 29 heavy (non-hydrogen) atoms. The van der Waals surface area contributed by atoms with E-state index < -0.39 is 31.1 Å². The molecule has 0 aliphatic carbocycles. The molecule has 0 spiro atoms. The van der Waals surface area contributed by atoms with Gasteiger partial charge in [0.1, 0.15) is 24.6 Å². The van der Waals surface area contributed by atoms with E-state index in [2.05, 4.69) is 30.3 Å². The molecular weight excluding hydrogens is 380 g/mol. The number of nitrogens with zero attached hydrogens (tertiary/aromatic N) is 7. The summed E-state index contributed by atoms with van der Waals surface area (Å²) in [5.41, 5.74) is 10.8. The zero-order valence-corrected chi connectivity index (χ0v) is 15.1. The van der Waals surface area contributed by atoms with Crippen molar-refractivity contribution in [2.24, 2.45) is 5.11 Å². The van der Waals surface area contributed by atoms with Crippen LogP contribution in [0, 0.1) is 0 Å². The van der Waals surface area contributed by atoms with E-state index in [0.717, 1.165) is 5.56 Å². The minimum absolute atomic E-state index is 0.413. The molecule has 1 fully saturated rings. The second-order valence-corrected chi connectivity index (χ2v) is 6.48. The Hall–Kier alpha value is -3.28. The molecule has 0 saturated carbocycles. The first-order chi connectivity index (χ1) is 14.1. The number of hydrogen-bond acceptors (Lipinski definition) is 9. The highest BCUT2D eigenvalue weighted by Crippen LogP contribution is 2.32. The third-order valence-corrected chi connectivity index (χ3v) is 4.71. The largest absolute Gasteiger partial charge is 0.394 e. The van der Waals surface area contributed by atoms with E-state index >= 15 is 0 Å². The molecule has 12 heteroatoms. The van der Waals surface area contributed by atoms with Crippen molar-refractivity contribution in [1.29, 1.82) is 0 Å². The van der Waals surface area contributed by atoms with Gasteiger partial charge < -0.3 is 25.4 Å². The molecule has 1 aliphatic heterocycles. The molecule has 3 aromatic rings. The van der Waals surface area contributed by atoms with Gasteiger partial charge in [-0.05, 0) is 11.1 Å². The van der Waals surface area contributed by atoms with E-state index in [4.69, 9.17) is 10.3 Å². The molecule has 0 amide bonds. The van der Waals surface area contributed by atoms with Gasteiger partial charge in [0.2, 0.25) is 0 Å². The number of hydrogen-bond donors (Lipinski definition) is 4. The minimum Gasteiger partial charge on any atom is -0.394 e. The summed E-state index contributed by atoms with van der Waals surface area (Å²) < 4.78 is 7.05. The van der Waals surface area contributed by atoms with E-state index in [1.54, 1.807) is 12.1 Å². The Kier molecular flexibility index (Phi) is 5.25. The Morgan fingerprint density at radius 1 is 1.17 bits per heavy atom. The summed E-state index contributed by atoms with van der Waals surface area (Å²) in [5.74, 6) is 0.486. The summed E-state index contributed by atoms with van der Waals surface area (Å²) >= 11 is 0. The number of rotatable bonds is 6. The number of benzene rings is 1. The van der Waals surface area contributed by atoms with Crippen LogP contribution in [0.2, 0.25) is 0 Å². The van der Waals surface area contributed by atoms with Crippen LogP contribution in [0.4, 0.5) is 11.5 Å². The molecule has 2 aromatic heterocycles. The van der Waals surface area contributed by atoms with Crippen molar-refractivity contribution in [2.45, 2.75) is 31.1 Å². The number of ether oxygens (including phenoxy) is 1. The van der Waals surface area contributed by atoms with E-state index in [1.807, 2.05) is 12.1 Å². The fourth-order valence-electron chi connectivity index (χ4n) is 3.20. The number of azide groups is 1. The van der Waals surface area contributed by atoms with Gasteiger partial charge in [-0.25, -0.2) is 15.0 Å². The minimum atomic E-state index is -1.23. The van der Waals surface area contributed by atoms with Gasteiger partial charge >= 0.3 is 0 Å². The molecule has 1 aromatic carbocycles. The van der Waals surface area contributed by atoms with Crippen LogP contribution in [-0.2, 0) is 11.3 Å². The number of aliphatic hydroxyl groups is 3. The second-order valence-electron chi connectivity index (χ2n) is 6.48. The topological polar surface area (TPSA) is 174 Å². The zero-order chi connectivity index (χ0) is 20.4. The zero-order valence-electron chi connectivity index (χ0n) is 15.1. The number of aromatic nitrogens is 4. The Balaban J connectivity index is 1.55. The van der Waals surface area contributed by atoms with Gasteiger partial charge in [0.15, 0.2) is 23.2 Å². The van der Waals surface area contributed by atoms with Crippen molar-refractivity contribution in [1.82, 2.24) is 19.5 Å². The molecule has 12 nitrogen and oxygen atoms in total. The van der Waals surface area contributed by atoms with E-state index in [1.165, 1.54) is 17.2 Å². The third-order valence-electron chi connectivity index (χ3n) is 4.71. The summed E-state index contributed by atoms with van der Waals surface area (Å²) in [6, 6.07) is 7.08. The van der Waals surface area contributed by atoms with Crippen LogP contribution in [0.15, 0.2) is 42.0 Å². The molecular formula is C17H18N8O4. The Morgan fingerprint density at radius 2 is 1.97 bits per heavy atom. The molecule has 0 radical (unpaired) electrons. The Bertz CT molecular complexity index is 1050. The van der Waals surface area contributed by atoms with Gasteiger partial charge in [0.25, 0.3) is 0 Å². The molecule has 4 N–H and O–H groups in total. The summed E-state index contributed by atoms with van der Waals surface area (Å²) in [7, 11) is 0. The second kappa shape index (κ2) is 7.99. The highest BCUT2D eigenvalue weighted by Gasteiger charge is 2.44. The first-order valence-corrected chi connectivity index (χ1v) is 8.80. The number of anilines is 1. The first-order valence-electron chi connectivity index (χ1n) is 8.80. The SMILES string of the molecule is [N-]=[N+]=Nc1ccc(CNc2ncnc3c2ncn3C2OC(CO)C(O)C2O)cc1. The van der Waals surface area contributed by atoms with Crippen LogP contribution in [-0.4, -0.2) is 59.8 Å². The molecule has 4 rings (SSSR count). The molecule has 1 saturated heterocycles. The smallest absolute Gasteiger partial charge is 0.167 e. The highest BCUT2D eigenvalue weighted by atomic mass is 16.6. The van der Waals surface area contributed by atoms with Crippen LogP contribution in [0.3, 0.4) is 0 Å². The standard InChI is InChI=1S/C17H18N8O4/c18-24-23-10-3-1-9(2-4-10)5-19-15-12-16(21-7-20-15)25(8-22-12)17-14(28)13(27)11(6-26)29-17/h1-4,7-8,11,13-14,17,26-28H,5-6H2,(H,19,20,21). The predicted molar refractivity (Wildman–Crippen MR) is 101 cm³/mol. The van der Waals surface area contributed by atoms with Gasteiger partial charge in [0, 0.05) is 17.1 Å². The van der Waals surface area contributed by atoms with Crippen LogP contribution in [0.25, 0.3) is 21.6 Å². The molecule has 0 bridgehead atoms. The quantitative estimate of drug-likeness (QED) is 0.270. The van der Waals surface area contributed by atoms with Gasteiger partial charge in [0.05, 0.1) is 12.9 Å². The summed E-state index contributed by atoms with van der Waals surface area (Å²) in [4.78, 5) is 15.5. The molecule has 3 heterocycles. The lowest BCUT2D eigenvalue weighted by Crippen LogP contribution is -2.33. The van der Waals surface area contributed by atoms with Gasteiger partial charge in [-0.3, -0.25) is 4.57 Å². The van der Waals surface area contributed by atoms with Crippen molar-refractivity contribution >= 4 is 22.7 Å². The summed E-state index contributed by atoms with van der Waals surface area (Å²) in [5, 5.41) is 36.2. The van der Waals surface area contributed by atoms with E-state index in [9.17, 15) is 15.3 Å². The average molecular weight is 398 g/mol. The maximum atomic E-state index is 10.2. The van der Waals surface area contributed by atoms with Crippen LogP contribution < -0.4 is 5.32 Å². The van der Waals surface area contributed by atoms with Crippen molar-refractivity contribution in [3.63, 3.8) is 0 Å². The maximum absolute atomic E-state index is 10.2. The fourth-order valence-corrected chi connectivity index (χ4v) is 3.20. The van der Waals surface area contributed by atoms with E-state index in [0.29, 0.717) is 29.2 Å². The Morgan fingerprint density at radius 3 is 2.66 bits per heavy atom. The lowest BCUT2D eigenvalue weighted by atomic mass is 10.1. The fraction of sp³-hybridized carbons (Fsp3) is 0.353. The van der Waals surface area contributed by atoms with Gasteiger partial charge in [-0.2, -0.15) is 0 Å². The van der Waals surface area contributed by atoms with E-state index in [-0.39, 0.29) is 0 Å². The predicted octanol–water partition coefficient (Wildman–Crippen LogP) is 0.992. The molecule has 150 valence electrons. The Labute approximate surface area is 164 Å².